The molecule has 92 valence electrons. The Kier molecular flexibility index (Phi) is 3.35. The van der Waals surface area contributed by atoms with Gasteiger partial charge >= 0.3 is 5.97 Å². The van der Waals surface area contributed by atoms with E-state index in [1.54, 1.807) is 0 Å². The first-order chi connectivity index (χ1) is 8.05. The molecule has 0 radical (unpaired) electrons. The first-order valence-corrected chi connectivity index (χ1v) is 6.46. The quantitative estimate of drug-likeness (QED) is 0.883. The molecule has 1 heterocycles. The average Bonchev–Trinajstić information content (AvgIpc) is 2.87. The Morgan fingerprint density at radius 1 is 1.47 bits per heavy atom. The number of hydrogen-bond acceptors (Lipinski definition) is 4. The first-order valence-electron chi connectivity index (χ1n) is 5.20. The lowest BCUT2D eigenvalue weighted by atomic mass is 9.98. The molecule has 1 aromatic rings. The zero-order chi connectivity index (χ0) is 12.5. The predicted octanol–water partition coefficient (Wildman–Crippen LogP) is 1.92. The molecule has 0 unspecified atom stereocenters. The zero-order valence-electron chi connectivity index (χ0n) is 8.90. The van der Waals surface area contributed by atoms with Crippen molar-refractivity contribution in [2.75, 3.05) is 0 Å². The van der Waals surface area contributed by atoms with Crippen LogP contribution in [0.2, 0.25) is 5.15 Å². The third-order valence-corrected chi connectivity index (χ3v) is 4.17. The molecule has 0 saturated heterocycles. The molecule has 1 aliphatic carbocycles. The smallest absolute Gasteiger partial charge is 0.329 e. The maximum atomic E-state index is 11.9. The second-order valence-corrected chi connectivity index (χ2v) is 5.23. The molecule has 1 aromatic heterocycles. The molecular weight excluding hydrogens is 264 g/mol. The van der Waals surface area contributed by atoms with Crippen LogP contribution < -0.4 is 5.32 Å². The lowest BCUT2D eigenvalue weighted by molar-refractivity contribution is -0.144. The van der Waals surface area contributed by atoms with Crippen molar-refractivity contribution in [3.8, 4) is 0 Å². The Bertz CT molecular complexity index is 454. The van der Waals surface area contributed by atoms with Gasteiger partial charge in [0.1, 0.15) is 10.4 Å². The van der Waals surface area contributed by atoms with Crippen LogP contribution >= 0.6 is 22.9 Å². The molecule has 0 atom stereocenters. The van der Waals surface area contributed by atoms with Crippen molar-refractivity contribution in [3.63, 3.8) is 0 Å². The van der Waals surface area contributed by atoms with Crippen molar-refractivity contribution in [2.24, 2.45) is 0 Å². The van der Waals surface area contributed by atoms with E-state index in [9.17, 15) is 14.7 Å². The van der Waals surface area contributed by atoms with Crippen LogP contribution in [0.1, 0.15) is 35.4 Å². The summed E-state index contributed by atoms with van der Waals surface area (Å²) in [6, 6.07) is 0. The Morgan fingerprint density at radius 3 is 2.59 bits per heavy atom. The molecule has 1 saturated carbocycles. The van der Waals surface area contributed by atoms with Gasteiger partial charge < -0.3 is 10.4 Å². The van der Waals surface area contributed by atoms with Gasteiger partial charge in [0.2, 0.25) is 0 Å². The van der Waals surface area contributed by atoms with E-state index in [1.165, 1.54) is 5.51 Å². The minimum atomic E-state index is -1.13. The highest BCUT2D eigenvalue weighted by molar-refractivity contribution is 7.12. The summed E-state index contributed by atoms with van der Waals surface area (Å²) in [6.07, 6.45) is 2.54. The van der Waals surface area contributed by atoms with E-state index in [-0.39, 0.29) is 10.0 Å². The van der Waals surface area contributed by atoms with Crippen molar-refractivity contribution in [2.45, 2.75) is 31.2 Å². The van der Waals surface area contributed by atoms with Crippen molar-refractivity contribution < 1.29 is 14.7 Å². The summed E-state index contributed by atoms with van der Waals surface area (Å²) in [7, 11) is 0. The normalized spacial score (nSPS) is 17.9. The maximum Gasteiger partial charge on any atom is 0.329 e. The molecule has 0 bridgehead atoms. The van der Waals surface area contributed by atoms with E-state index >= 15 is 0 Å². The molecule has 1 amide bonds. The van der Waals surface area contributed by atoms with E-state index in [0.717, 1.165) is 24.2 Å². The topological polar surface area (TPSA) is 79.3 Å². The second kappa shape index (κ2) is 4.62. The number of amides is 1. The summed E-state index contributed by atoms with van der Waals surface area (Å²) in [5, 5.41) is 11.9. The van der Waals surface area contributed by atoms with Gasteiger partial charge in [0.15, 0.2) is 5.15 Å². The number of carboxylic acids is 1. The van der Waals surface area contributed by atoms with Gasteiger partial charge in [0.25, 0.3) is 5.91 Å². The zero-order valence-corrected chi connectivity index (χ0v) is 10.5. The summed E-state index contributed by atoms with van der Waals surface area (Å²) in [4.78, 5) is 27.2. The Labute approximate surface area is 107 Å². The van der Waals surface area contributed by atoms with Gasteiger partial charge in [0.05, 0.1) is 5.51 Å². The highest BCUT2D eigenvalue weighted by atomic mass is 35.5. The first kappa shape index (κ1) is 12.3. The molecule has 5 nitrogen and oxygen atoms in total. The van der Waals surface area contributed by atoms with E-state index in [2.05, 4.69) is 10.3 Å². The van der Waals surface area contributed by atoms with Gasteiger partial charge in [-0.05, 0) is 12.8 Å². The number of aliphatic carboxylic acids is 1. The average molecular weight is 275 g/mol. The highest BCUT2D eigenvalue weighted by Gasteiger charge is 2.43. The van der Waals surface area contributed by atoms with Gasteiger partial charge in [-0.1, -0.05) is 24.4 Å². The van der Waals surface area contributed by atoms with Crippen LogP contribution in [0.4, 0.5) is 0 Å². The van der Waals surface area contributed by atoms with Gasteiger partial charge in [-0.15, -0.1) is 11.3 Å². The lowest BCUT2D eigenvalue weighted by Gasteiger charge is -2.24. The fraction of sp³-hybridized carbons (Fsp3) is 0.500. The molecule has 0 aliphatic heterocycles. The van der Waals surface area contributed by atoms with Crippen LogP contribution in [-0.4, -0.2) is 27.5 Å². The minimum Gasteiger partial charge on any atom is -0.480 e. The van der Waals surface area contributed by atoms with Crippen molar-refractivity contribution >= 4 is 34.8 Å². The Hall–Kier alpha value is -1.14. The van der Waals surface area contributed by atoms with Crippen molar-refractivity contribution in [1.29, 1.82) is 0 Å². The number of thiazole rings is 1. The summed E-state index contributed by atoms with van der Waals surface area (Å²) in [6.45, 7) is 0. The molecule has 0 spiro atoms. The fourth-order valence-electron chi connectivity index (χ4n) is 2.02. The number of nitrogens with zero attached hydrogens (tertiary/aromatic N) is 1. The predicted molar refractivity (Wildman–Crippen MR) is 63.4 cm³/mol. The molecule has 17 heavy (non-hydrogen) atoms. The Morgan fingerprint density at radius 2 is 2.12 bits per heavy atom. The van der Waals surface area contributed by atoms with Crippen LogP contribution in [0.5, 0.6) is 0 Å². The monoisotopic (exact) mass is 274 g/mol. The largest absolute Gasteiger partial charge is 0.480 e. The fourth-order valence-corrected chi connectivity index (χ4v) is 2.92. The number of carbonyl (C=O) groups excluding carboxylic acids is 1. The number of hydrogen-bond donors (Lipinski definition) is 2. The van der Waals surface area contributed by atoms with Gasteiger partial charge in [0, 0.05) is 0 Å². The van der Waals surface area contributed by atoms with Crippen LogP contribution in [-0.2, 0) is 4.79 Å². The summed E-state index contributed by atoms with van der Waals surface area (Å²) in [5.41, 5.74) is 0.323. The summed E-state index contributed by atoms with van der Waals surface area (Å²) < 4.78 is 0. The summed E-state index contributed by atoms with van der Waals surface area (Å²) >= 11 is 6.84. The van der Waals surface area contributed by atoms with Gasteiger partial charge in [-0.3, -0.25) is 4.79 Å². The Balaban J connectivity index is 2.17. The molecule has 0 aromatic carbocycles. The van der Waals surface area contributed by atoms with E-state index in [1.807, 2.05) is 0 Å². The molecule has 2 rings (SSSR count). The SMILES string of the molecule is O=C(NC1(C(=O)O)CCCC1)c1scnc1Cl. The van der Waals surface area contributed by atoms with Gasteiger partial charge in [-0.25, -0.2) is 9.78 Å². The highest BCUT2D eigenvalue weighted by Crippen LogP contribution is 2.31. The standard InChI is InChI=1S/C10H11ClN2O3S/c11-7-6(17-5-12-7)8(14)13-10(9(15)16)3-1-2-4-10/h5H,1-4H2,(H,13,14)(H,15,16). The number of carboxylic acid groups (broad SMARTS) is 1. The molecule has 2 N–H and O–H groups in total. The van der Waals surface area contributed by atoms with Crippen molar-refractivity contribution in [3.05, 3.63) is 15.5 Å². The number of carbonyl (C=O) groups is 2. The number of halogens is 1. The maximum absolute atomic E-state index is 11.9. The molecule has 1 fully saturated rings. The number of nitrogens with one attached hydrogen (secondary N) is 1. The minimum absolute atomic E-state index is 0.117. The molecule has 1 aliphatic rings. The van der Waals surface area contributed by atoms with Crippen LogP contribution in [0.15, 0.2) is 5.51 Å². The van der Waals surface area contributed by atoms with Crippen LogP contribution in [0, 0.1) is 0 Å². The molecule has 7 heteroatoms. The number of aromatic nitrogens is 1. The summed E-state index contributed by atoms with van der Waals surface area (Å²) in [5.74, 6) is -1.44. The van der Waals surface area contributed by atoms with Crippen LogP contribution in [0.3, 0.4) is 0 Å². The number of rotatable bonds is 3. The third kappa shape index (κ3) is 2.28. The van der Waals surface area contributed by atoms with E-state index < -0.39 is 17.4 Å². The van der Waals surface area contributed by atoms with E-state index in [4.69, 9.17) is 11.6 Å². The molecular formula is C10H11ClN2O3S. The lowest BCUT2D eigenvalue weighted by Crippen LogP contribution is -2.52. The van der Waals surface area contributed by atoms with E-state index in [0.29, 0.717) is 12.8 Å². The van der Waals surface area contributed by atoms with Crippen LogP contribution in [0.25, 0.3) is 0 Å². The van der Waals surface area contributed by atoms with Crippen molar-refractivity contribution in [1.82, 2.24) is 10.3 Å². The third-order valence-electron chi connectivity index (χ3n) is 2.95. The van der Waals surface area contributed by atoms with Gasteiger partial charge in [-0.2, -0.15) is 0 Å². The second-order valence-electron chi connectivity index (χ2n) is 4.02.